The van der Waals surface area contributed by atoms with Crippen LogP contribution in [0, 0.1) is 0 Å². The average molecular weight is 554 g/mol. The van der Waals surface area contributed by atoms with E-state index in [-0.39, 0.29) is 18.2 Å². The lowest BCUT2D eigenvalue weighted by molar-refractivity contribution is -0.115. The van der Waals surface area contributed by atoms with Gasteiger partial charge in [0, 0.05) is 41.3 Å². The number of carbonyl (C=O) groups excluding carboxylic acids is 2. The Morgan fingerprint density at radius 2 is 1.89 bits per heavy atom. The maximum atomic E-state index is 12.8. The van der Waals surface area contributed by atoms with Crippen LogP contribution in [-0.2, 0) is 14.8 Å². The second-order valence-electron chi connectivity index (χ2n) is 9.16. The molecule has 0 atom stereocenters. The van der Waals surface area contributed by atoms with Gasteiger partial charge in [-0.25, -0.2) is 17.4 Å². The number of aliphatic hydroxyl groups is 1. The van der Waals surface area contributed by atoms with Crippen molar-refractivity contribution in [1.82, 2.24) is 14.3 Å². The summed E-state index contributed by atoms with van der Waals surface area (Å²) in [6, 6.07) is 14.7. The van der Waals surface area contributed by atoms with E-state index in [4.69, 9.17) is 0 Å². The Labute approximate surface area is 224 Å². The number of rotatable bonds is 7. The summed E-state index contributed by atoms with van der Waals surface area (Å²) in [5.74, 6) is -1.01. The number of hydrogen-bond acceptors (Lipinski definition) is 8. The van der Waals surface area contributed by atoms with Crippen molar-refractivity contribution in [3.05, 3.63) is 65.7 Å². The van der Waals surface area contributed by atoms with Crippen LogP contribution in [0.2, 0.25) is 0 Å². The highest BCUT2D eigenvalue weighted by Gasteiger charge is 2.20. The number of aromatic nitrogens is 2. The predicted molar refractivity (Wildman–Crippen MR) is 148 cm³/mol. The van der Waals surface area contributed by atoms with Crippen molar-refractivity contribution < 1.29 is 23.1 Å². The van der Waals surface area contributed by atoms with Gasteiger partial charge in [-0.2, -0.15) is 0 Å². The molecular weight excluding hydrogens is 526 g/mol. The van der Waals surface area contributed by atoms with Crippen LogP contribution >= 0.6 is 11.3 Å². The van der Waals surface area contributed by atoms with Gasteiger partial charge >= 0.3 is 0 Å². The fourth-order valence-electron chi connectivity index (χ4n) is 4.47. The van der Waals surface area contributed by atoms with Gasteiger partial charge in [-0.1, -0.05) is 30.3 Å². The molecule has 10 nitrogen and oxygen atoms in total. The van der Waals surface area contributed by atoms with E-state index >= 15 is 0 Å². The molecule has 4 aromatic rings. The Bertz CT molecular complexity index is 1600. The minimum Gasteiger partial charge on any atom is -0.393 e. The third kappa shape index (κ3) is 5.57. The van der Waals surface area contributed by atoms with Crippen LogP contribution in [0.3, 0.4) is 0 Å². The molecule has 1 saturated heterocycles. The largest absolute Gasteiger partial charge is 0.393 e. The normalized spacial score (nSPS) is 14.5. The molecule has 3 heterocycles. The molecule has 0 bridgehead atoms. The number of nitrogens with one attached hydrogen (secondary N) is 2. The SMILES string of the molecule is CS(=O)(=O)n1cc(C(=O)NCC(=O)Nc2nc(-c3cccc(N4CCC(O)CC4)c3)cs2)c2ccccc21. The Balaban J connectivity index is 1.22. The number of hydrogen-bond donors (Lipinski definition) is 3. The topological polar surface area (TPSA) is 134 Å². The third-order valence-electron chi connectivity index (χ3n) is 6.41. The molecule has 1 aliphatic rings. The van der Waals surface area contributed by atoms with Crippen LogP contribution in [0.4, 0.5) is 10.8 Å². The number of aliphatic hydroxyl groups excluding tert-OH is 1. The first kappa shape index (κ1) is 25.9. The van der Waals surface area contributed by atoms with Crippen molar-refractivity contribution in [3.8, 4) is 11.3 Å². The number of carbonyl (C=O) groups is 2. The Morgan fingerprint density at radius 1 is 1.13 bits per heavy atom. The molecular formula is C26H27N5O5S2. The van der Waals surface area contributed by atoms with Crippen molar-refractivity contribution in [2.24, 2.45) is 0 Å². The quantitative estimate of drug-likeness (QED) is 0.320. The van der Waals surface area contributed by atoms with Crippen LogP contribution in [0.1, 0.15) is 23.2 Å². The smallest absolute Gasteiger partial charge is 0.253 e. The highest BCUT2D eigenvalue weighted by Crippen LogP contribution is 2.29. The van der Waals surface area contributed by atoms with Gasteiger partial charge in [0.2, 0.25) is 15.9 Å². The summed E-state index contributed by atoms with van der Waals surface area (Å²) in [6.45, 7) is 1.29. The van der Waals surface area contributed by atoms with E-state index in [1.807, 2.05) is 29.6 Å². The van der Waals surface area contributed by atoms with E-state index in [0.717, 1.165) is 53.1 Å². The molecule has 2 aromatic carbocycles. The number of benzene rings is 2. The van der Waals surface area contributed by atoms with Crippen LogP contribution in [0.15, 0.2) is 60.1 Å². The Hall–Kier alpha value is -3.74. The van der Waals surface area contributed by atoms with E-state index in [9.17, 15) is 23.1 Å². The highest BCUT2D eigenvalue weighted by atomic mass is 32.2. The first-order chi connectivity index (χ1) is 18.2. The summed E-state index contributed by atoms with van der Waals surface area (Å²) in [7, 11) is -3.61. The van der Waals surface area contributed by atoms with Gasteiger partial charge in [0.05, 0.1) is 35.7 Å². The van der Waals surface area contributed by atoms with Gasteiger partial charge < -0.3 is 20.6 Å². The summed E-state index contributed by atoms with van der Waals surface area (Å²) in [4.78, 5) is 32.1. The maximum absolute atomic E-state index is 12.8. The lowest BCUT2D eigenvalue weighted by atomic mass is 10.1. The van der Waals surface area contributed by atoms with Crippen molar-refractivity contribution in [2.75, 3.05) is 36.1 Å². The second-order valence-corrected chi connectivity index (χ2v) is 11.9. The van der Waals surface area contributed by atoms with E-state index < -0.39 is 21.8 Å². The summed E-state index contributed by atoms with van der Waals surface area (Å²) in [5, 5.41) is 17.8. The van der Waals surface area contributed by atoms with Crippen LogP contribution in [-0.4, -0.2) is 66.3 Å². The molecule has 2 aromatic heterocycles. The number of nitrogens with zero attached hydrogens (tertiary/aromatic N) is 3. The average Bonchev–Trinajstić information content (AvgIpc) is 3.53. The van der Waals surface area contributed by atoms with Crippen molar-refractivity contribution in [2.45, 2.75) is 18.9 Å². The van der Waals surface area contributed by atoms with E-state index in [1.54, 1.807) is 24.3 Å². The van der Waals surface area contributed by atoms with Crippen molar-refractivity contribution in [1.29, 1.82) is 0 Å². The molecule has 2 amide bonds. The lowest BCUT2D eigenvalue weighted by Crippen LogP contribution is -2.35. The number of fused-ring (bicyclic) bond motifs is 1. The van der Waals surface area contributed by atoms with Gasteiger partial charge in [0.15, 0.2) is 5.13 Å². The fourth-order valence-corrected chi connectivity index (χ4v) is 6.02. The van der Waals surface area contributed by atoms with Gasteiger partial charge in [0.25, 0.3) is 5.91 Å². The van der Waals surface area contributed by atoms with Gasteiger partial charge in [0.1, 0.15) is 0 Å². The minimum absolute atomic E-state index is 0.165. The molecule has 12 heteroatoms. The van der Waals surface area contributed by atoms with Gasteiger partial charge in [-0.3, -0.25) is 9.59 Å². The Morgan fingerprint density at radius 3 is 2.66 bits per heavy atom. The number of para-hydroxylation sites is 1. The first-order valence-corrected chi connectivity index (χ1v) is 14.8. The van der Waals surface area contributed by atoms with Crippen LogP contribution in [0.25, 0.3) is 22.2 Å². The molecule has 1 fully saturated rings. The molecule has 0 radical (unpaired) electrons. The van der Waals surface area contributed by atoms with Gasteiger partial charge in [-0.05, 0) is 31.0 Å². The zero-order valence-corrected chi connectivity index (χ0v) is 22.3. The predicted octanol–water partition coefficient (Wildman–Crippen LogP) is 2.90. The second kappa shape index (κ2) is 10.6. The number of anilines is 2. The number of piperidine rings is 1. The number of thiazole rings is 1. The fraction of sp³-hybridized carbons (Fsp3) is 0.269. The summed E-state index contributed by atoms with van der Waals surface area (Å²) >= 11 is 1.28. The molecule has 198 valence electrons. The van der Waals surface area contributed by atoms with Crippen LogP contribution in [0.5, 0.6) is 0 Å². The molecule has 0 saturated carbocycles. The number of amides is 2. The highest BCUT2D eigenvalue weighted by molar-refractivity contribution is 7.89. The van der Waals surface area contributed by atoms with E-state index in [0.29, 0.717) is 16.0 Å². The maximum Gasteiger partial charge on any atom is 0.253 e. The third-order valence-corrected chi connectivity index (χ3v) is 8.19. The molecule has 5 rings (SSSR count). The minimum atomic E-state index is -3.61. The van der Waals surface area contributed by atoms with Gasteiger partial charge in [-0.15, -0.1) is 11.3 Å². The molecule has 0 spiro atoms. The Kier molecular flexibility index (Phi) is 7.19. The standard InChI is InChI=1S/C26H27N5O5S2/c1-38(35,36)31-15-21(20-7-2-3-8-23(20)31)25(34)27-14-24(33)29-26-28-22(16-37-26)17-5-4-6-18(13-17)30-11-9-19(32)10-12-30/h2-8,13,15-16,19,32H,9-12,14H2,1H3,(H,27,34)(H,28,29,33). The molecule has 38 heavy (non-hydrogen) atoms. The zero-order chi connectivity index (χ0) is 26.9. The van der Waals surface area contributed by atoms with Crippen molar-refractivity contribution >= 4 is 54.9 Å². The molecule has 3 N–H and O–H groups in total. The lowest BCUT2D eigenvalue weighted by Gasteiger charge is -2.31. The summed E-state index contributed by atoms with van der Waals surface area (Å²) in [6.07, 6.45) is 3.57. The molecule has 0 unspecified atom stereocenters. The summed E-state index contributed by atoms with van der Waals surface area (Å²) in [5.41, 5.74) is 3.26. The zero-order valence-electron chi connectivity index (χ0n) is 20.6. The van der Waals surface area contributed by atoms with Crippen molar-refractivity contribution in [3.63, 3.8) is 0 Å². The molecule has 1 aliphatic heterocycles. The molecule has 0 aliphatic carbocycles. The van der Waals surface area contributed by atoms with Crippen LogP contribution < -0.4 is 15.5 Å². The van der Waals surface area contributed by atoms with E-state index in [2.05, 4.69) is 20.5 Å². The monoisotopic (exact) mass is 553 g/mol. The van der Waals surface area contributed by atoms with E-state index in [1.165, 1.54) is 17.5 Å². The summed E-state index contributed by atoms with van der Waals surface area (Å²) < 4.78 is 25.3. The first-order valence-electron chi connectivity index (χ1n) is 12.1.